The molecule has 12 heteroatoms. The summed E-state index contributed by atoms with van der Waals surface area (Å²) in [5, 5.41) is 25.9. The van der Waals surface area contributed by atoms with E-state index in [1.165, 1.54) is 18.6 Å². The van der Waals surface area contributed by atoms with Gasteiger partial charge in [0.05, 0.1) is 35.5 Å². The monoisotopic (exact) mass is 474 g/mol. The number of anilines is 1. The van der Waals surface area contributed by atoms with Crippen LogP contribution in [0.1, 0.15) is 42.9 Å². The summed E-state index contributed by atoms with van der Waals surface area (Å²) >= 11 is 0. The van der Waals surface area contributed by atoms with Gasteiger partial charge in [0.1, 0.15) is 24.2 Å². The van der Waals surface area contributed by atoms with Crippen LogP contribution in [0.25, 0.3) is 22.4 Å². The van der Waals surface area contributed by atoms with E-state index in [9.17, 15) is 14.0 Å². The average Bonchev–Trinajstić information content (AvgIpc) is 3.50. The van der Waals surface area contributed by atoms with Gasteiger partial charge in [0.2, 0.25) is 5.95 Å². The summed E-state index contributed by atoms with van der Waals surface area (Å²) in [6, 6.07) is 6.10. The molecule has 4 heterocycles. The SMILES string of the molecule is N#Cc1cnc2c(c1)ncn2[C@@H]1CCC[C@H](Nc2ncc(C#N)c(-c3cnn(CC(F)F)c3)n2)C1. The van der Waals surface area contributed by atoms with Crippen molar-refractivity contribution in [1.29, 1.82) is 10.5 Å². The van der Waals surface area contributed by atoms with E-state index >= 15 is 0 Å². The third-order valence-electron chi connectivity index (χ3n) is 6.06. The first kappa shape index (κ1) is 22.3. The molecule has 0 aromatic carbocycles. The lowest BCUT2D eigenvalue weighted by Gasteiger charge is -2.30. The van der Waals surface area contributed by atoms with Crippen LogP contribution in [-0.4, -0.2) is 46.8 Å². The van der Waals surface area contributed by atoms with Gasteiger partial charge < -0.3 is 9.88 Å². The highest BCUT2D eigenvalue weighted by Gasteiger charge is 2.26. The van der Waals surface area contributed by atoms with Gasteiger partial charge >= 0.3 is 0 Å². The maximum absolute atomic E-state index is 12.7. The molecule has 1 saturated carbocycles. The minimum atomic E-state index is -2.53. The van der Waals surface area contributed by atoms with Crippen LogP contribution in [0.5, 0.6) is 0 Å². The summed E-state index contributed by atoms with van der Waals surface area (Å²) in [4.78, 5) is 17.6. The Morgan fingerprint density at radius 1 is 1.11 bits per heavy atom. The minimum absolute atomic E-state index is 0.0759. The molecule has 0 bridgehead atoms. The molecule has 0 saturated heterocycles. The second-order valence-corrected chi connectivity index (χ2v) is 8.40. The van der Waals surface area contributed by atoms with E-state index in [0.29, 0.717) is 28.3 Å². The van der Waals surface area contributed by atoms with Crippen molar-refractivity contribution in [1.82, 2.24) is 34.3 Å². The van der Waals surface area contributed by atoms with Crippen molar-refractivity contribution in [2.75, 3.05) is 5.32 Å². The first-order valence-electron chi connectivity index (χ1n) is 11.1. The predicted molar refractivity (Wildman–Crippen MR) is 121 cm³/mol. The fraction of sp³-hybridized carbons (Fsp3) is 0.348. The maximum atomic E-state index is 12.7. The van der Waals surface area contributed by atoms with E-state index in [2.05, 4.69) is 42.5 Å². The van der Waals surface area contributed by atoms with Crippen LogP contribution in [0.4, 0.5) is 14.7 Å². The molecule has 1 aliphatic rings. The van der Waals surface area contributed by atoms with E-state index in [1.54, 1.807) is 18.6 Å². The summed E-state index contributed by atoms with van der Waals surface area (Å²) in [5.41, 5.74) is 2.96. The van der Waals surface area contributed by atoms with Gasteiger partial charge in [-0.05, 0) is 31.7 Å². The first-order chi connectivity index (χ1) is 17.0. The number of pyridine rings is 1. The molecule has 35 heavy (non-hydrogen) atoms. The number of nitrogens with zero attached hydrogens (tertiary/aromatic N) is 9. The zero-order valence-corrected chi connectivity index (χ0v) is 18.5. The molecule has 1 aliphatic carbocycles. The number of aromatic nitrogens is 7. The molecule has 4 aromatic rings. The smallest absolute Gasteiger partial charge is 0.257 e. The second-order valence-electron chi connectivity index (χ2n) is 8.40. The minimum Gasteiger partial charge on any atom is -0.351 e. The highest BCUT2D eigenvalue weighted by molar-refractivity contribution is 5.72. The third kappa shape index (κ3) is 4.64. The van der Waals surface area contributed by atoms with Crippen LogP contribution in [0.2, 0.25) is 0 Å². The van der Waals surface area contributed by atoms with Crippen LogP contribution in [0.3, 0.4) is 0 Å². The van der Waals surface area contributed by atoms with Crippen LogP contribution < -0.4 is 5.32 Å². The Labute approximate surface area is 198 Å². The lowest BCUT2D eigenvalue weighted by Crippen LogP contribution is -2.29. The molecule has 176 valence electrons. The number of imidazole rings is 1. The molecule has 2 atom stereocenters. The molecule has 1 N–H and O–H groups in total. The number of nitriles is 2. The van der Waals surface area contributed by atoms with Crippen molar-refractivity contribution >= 4 is 17.1 Å². The quantitative estimate of drug-likeness (QED) is 0.447. The number of hydrogen-bond donors (Lipinski definition) is 1. The standard InChI is InChI=1S/C23H20F2N10/c24-20(25)12-34-11-16(10-31-34)21-15(7-27)9-29-23(33-21)32-17-2-1-3-18(5-17)35-13-30-19-4-14(6-26)8-28-22(19)35/h4,8-11,13,17-18,20H,1-3,5,12H2,(H,29,32,33)/t17-,18+/m0/s1. The number of halogens is 2. The van der Waals surface area contributed by atoms with Crippen LogP contribution in [0, 0.1) is 22.7 Å². The van der Waals surface area contributed by atoms with Gasteiger partial charge in [-0.25, -0.2) is 28.7 Å². The lowest BCUT2D eigenvalue weighted by atomic mass is 9.91. The fourth-order valence-electron chi connectivity index (χ4n) is 4.46. The Bertz CT molecular complexity index is 1440. The Morgan fingerprint density at radius 2 is 2.00 bits per heavy atom. The van der Waals surface area contributed by atoms with Crippen molar-refractivity contribution < 1.29 is 8.78 Å². The van der Waals surface area contributed by atoms with E-state index in [0.717, 1.165) is 36.0 Å². The highest BCUT2D eigenvalue weighted by Crippen LogP contribution is 2.32. The molecule has 1 fully saturated rings. The summed E-state index contributed by atoms with van der Waals surface area (Å²) in [6.45, 7) is -0.531. The number of nitrogens with one attached hydrogen (secondary N) is 1. The molecule has 10 nitrogen and oxygen atoms in total. The van der Waals surface area contributed by atoms with Crippen molar-refractivity contribution in [2.45, 2.75) is 50.7 Å². The zero-order valence-electron chi connectivity index (χ0n) is 18.5. The first-order valence-corrected chi connectivity index (χ1v) is 11.1. The fourth-order valence-corrected chi connectivity index (χ4v) is 4.46. The summed E-state index contributed by atoms with van der Waals surface area (Å²) in [6.07, 6.45) is 8.72. The molecule has 5 rings (SSSR count). The molecule has 0 amide bonds. The number of rotatable bonds is 6. The van der Waals surface area contributed by atoms with Gasteiger partial charge in [0, 0.05) is 30.0 Å². The Kier molecular flexibility index (Phi) is 6.02. The summed E-state index contributed by atoms with van der Waals surface area (Å²) in [5.74, 6) is 0.360. The zero-order chi connectivity index (χ0) is 24.4. The Balaban J connectivity index is 1.35. The lowest BCUT2D eigenvalue weighted by molar-refractivity contribution is 0.122. The van der Waals surface area contributed by atoms with Crippen molar-refractivity contribution in [2.24, 2.45) is 0 Å². The largest absolute Gasteiger partial charge is 0.351 e. The van der Waals surface area contributed by atoms with Gasteiger partial charge in [-0.3, -0.25) is 4.68 Å². The molecule has 0 aliphatic heterocycles. The van der Waals surface area contributed by atoms with Gasteiger partial charge in [0.15, 0.2) is 5.65 Å². The van der Waals surface area contributed by atoms with Gasteiger partial charge in [0.25, 0.3) is 6.43 Å². The number of fused-ring (bicyclic) bond motifs is 1. The predicted octanol–water partition coefficient (Wildman–Crippen LogP) is 3.69. The maximum Gasteiger partial charge on any atom is 0.257 e. The van der Waals surface area contributed by atoms with E-state index in [4.69, 9.17) is 5.26 Å². The number of hydrogen-bond acceptors (Lipinski definition) is 8. The Morgan fingerprint density at radius 3 is 2.80 bits per heavy atom. The van der Waals surface area contributed by atoms with Crippen molar-refractivity contribution in [3.05, 3.63) is 48.3 Å². The third-order valence-corrected chi connectivity index (χ3v) is 6.06. The summed E-state index contributed by atoms with van der Waals surface area (Å²) in [7, 11) is 0. The Hall–Kier alpha value is -4.45. The van der Waals surface area contributed by atoms with Crippen LogP contribution >= 0.6 is 0 Å². The molecule has 0 spiro atoms. The van der Waals surface area contributed by atoms with Gasteiger partial charge in [-0.1, -0.05) is 0 Å². The number of alkyl halides is 2. The highest BCUT2D eigenvalue weighted by atomic mass is 19.3. The molecule has 0 radical (unpaired) electrons. The topological polar surface area (TPSA) is 134 Å². The van der Waals surface area contributed by atoms with Gasteiger partial charge in [-0.2, -0.15) is 15.6 Å². The van der Waals surface area contributed by atoms with Crippen molar-refractivity contribution in [3.8, 4) is 23.4 Å². The molecule has 0 unspecified atom stereocenters. The normalized spacial score (nSPS) is 17.9. The second kappa shape index (κ2) is 9.43. The van der Waals surface area contributed by atoms with Crippen molar-refractivity contribution in [3.63, 3.8) is 0 Å². The van der Waals surface area contributed by atoms with E-state index < -0.39 is 13.0 Å². The molecular formula is C23H20F2N10. The van der Waals surface area contributed by atoms with E-state index in [-0.39, 0.29) is 17.6 Å². The molecular weight excluding hydrogens is 454 g/mol. The van der Waals surface area contributed by atoms with Crippen LogP contribution in [0.15, 0.2) is 37.2 Å². The van der Waals surface area contributed by atoms with Gasteiger partial charge in [-0.15, -0.1) is 0 Å². The average molecular weight is 474 g/mol. The summed E-state index contributed by atoms with van der Waals surface area (Å²) < 4.78 is 28.5. The molecule has 4 aromatic heterocycles. The van der Waals surface area contributed by atoms with E-state index in [1.807, 2.05) is 4.57 Å². The van der Waals surface area contributed by atoms with Crippen LogP contribution in [-0.2, 0) is 6.54 Å².